The predicted molar refractivity (Wildman–Crippen MR) is 75.7 cm³/mol. The first-order valence-corrected chi connectivity index (χ1v) is 7.05. The fraction of sp³-hybridized carbons (Fsp3) is 0.0833. The van der Waals surface area contributed by atoms with Gasteiger partial charge in [0.15, 0.2) is 0 Å². The quantitative estimate of drug-likeness (QED) is 0.660. The van der Waals surface area contributed by atoms with E-state index >= 15 is 0 Å². The maximum Gasteiger partial charge on any atom is 0.223 e. The van der Waals surface area contributed by atoms with E-state index in [1.54, 1.807) is 6.20 Å². The number of pyridine rings is 1. The van der Waals surface area contributed by atoms with Gasteiger partial charge in [0.05, 0.1) is 10.4 Å². The second-order valence-electron chi connectivity index (χ2n) is 3.43. The number of rotatable bonds is 3. The lowest BCUT2D eigenvalue weighted by molar-refractivity contribution is 0.453. The van der Waals surface area contributed by atoms with Crippen molar-refractivity contribution in [1.29, 1.82) is 0 Å². The Morgan fingerprint density at radius 1 is 1.28 bits per heavy atom. The topological polar surface area (TPSA) is 22.1 Å². The first kappa shape index (κ1) is 13.8. The van der Waals surface area contributed by atoms with Crippen molar-refractivity contribution >= 4 is 43.5 Å². The number of ether oxygens (including phenoxy) is 1. The van der Waals surface area contributed by atoms with E-state index in [2.05, 4.69) is 36.8 Å². The Morgan fingerprint density at radius 2 is 2.06 bits per heavy atom. The predicted octanol–water partition coefficient (Wildman–Crippen LogP) is 5.28. The van der Waals surface area contributed by atoms with Crippen LogP contribution in [0, 0.1) is 5.82 Å². The average Bonchev–Trinajstić information content (AvgIpc) is 2.34. The number of halogens is 4. The third kappa shape index (κ3) is 3.22. The minimum Gasteiger partial charge on any atom is -0.438 e. The van der Waals surface area contributed by atoms with E-state index in [1.165, 1.54) is 18.2 Å². The van der Waals surface area contributed by atoms with E-state index in [4.69, 9.17) is 16.3 Å². The van der Waals surface area contributed by atoms with Crippen molar-refractivity contribution in [2.75, 3.05) is 0 Å². The molecule has 0 saturated carbocycles. The molecule has 0 saturated heterocycles. The van der Waals surface area contributed by atoms with Gasteiger partial charge in [-0.2, -0.15) is 0 Å². The van der Waals surface area contributed by atoms with Crippen LogP contribution in [0.1, 0.15) is 5.56 Å². The lowest BCUT2D eigenvalue weighted by atomic mass is 10.3. The Morgan fingerprint density at radius 3 is 2.72 bits per heavy atom. The maximum absolute atomic E-state index is 13.0. The molecular weight excluding hydrogens is 388 g/mol. The summed E-state index contributed by atoms with van der Waals surface area (Å²) in [5.41, 5.74) is 0.752. The molecule has 2 nitrogen and oxygen atoms in total. The smallest absolute Gasteiger partial charge is 0.223 e. The molecule has 0 spiro atoms. The minimum absolute atomic E-state index is 0.278. The standard InChI is InChI=1S/C12H7Br2ClFNO/c13-8-3-7(5-15)12(17-6-8)18-11-2-1-9(16)4-10(11)14/h1-4,6H,5H2. The lowest BCUT2D eigenvalue weighted by Gasteiger charge is -2.10. The van der Waals surface area contributed by atoms with Crippen LogP contribution in [0.5, 0.6) is 11.6 Å². The molecule has 2 rings (SSSR count). The molecule has 94 valence electrons. The lowest BCUT2D eigenvalue weighted by Crippen LogP contribution is -1.94. The van der Waals surface area contributed by atoms with E-state index in [1.807, 2.05) is 6.07 Å². The summed E-state index contributed by atoms with van der Waals surface area (Å²) in [6, 6.07) is 6.00. The summed E-state index contributed by atoms with van der Waals surface area (Å²) in [7, 11) is 0. The molecule has 0 amide bonds. The van der Waals surface area contributed by atoms with Gasteiger partial charge in [-0.05, 0) is 56.1 Å². The molecule has 0 N–H and O–H groups in total. The van der Waals surface area contributed by atoms with Crippen molar-refractivity contribution in [3.63, 3.8) is 0 Å². The van der Waals surface area contributed by atoms with Crippen LogP contribution in [0.2, 0.25) is 0 Å². The molecule has 0 atom stereocenters. The highest BCUT2D eigenvalue weighted by molar-refractivity contribution is 9.10. The molecule has 0 unspecified atom stereocenters. The van der Waals surface area contributed by atoms with Gasteiger partial charge < -0.3 is 4.74 Å². The number of hydrogen-bond donors (Lipinski definition) is 0. The van der Waals surface area contributed by atoms with Crippen molar-refractivity contribution in [1.82, 2.24) is 4.98 Å². The van der Waals surface area contributed by atoms with Gasteiger partial charge in [0.1, 0.15) is 11.6 Å². The highest BCUT2D eigenvalue weighted by Gasteiger charge is 2.09. The van der Waals surface area contributed by atoms with Crippen LogP contribution >= 0.6 is 43.5 Å². The Bertz CT molecular complexity index is 580. The van der Waals surface area contributed by atoms with Crippen LogP contribution in [0.3, 0.4) is 0 Å². The van der Waals surface area contributed by atoms with Crippen LogP contribution in [0.4, 0.5) is 4.39 Å². The third-order valence-electron chi connectivity index (χ3n) is 2.14. The minimum atomic E-state index is -0.337. The summed E-state index contributed by atoms with van der Waals surface area (Å²) < 4.78 is 19.9. The van der Waals surface area contributed by atoms with Gasteiger partial charge in [-0.15, -0.1) is 11.6 Å². The largest absolute Gasteiger partial charge is 0.438 e. The van der Waals surface area contributed by atoms with Crippen molar-refractivity contribution in [3.05, 3.63) is 50.8 Å². The van der Waals surface area contributed by atoms with Gasteiger partial charge in [0, 0.05) is 16.2 Å². The van der Waals surface area contributed by atoms with Gasteiger partial charge in [-0.1, -0.05) is 0 Å². The fourth-order valence-corrected chi connectivity index (χ4v) is 2.32. The molecule has 1 heterocycles. The van der Waals surface area contributed by atoms with Crippen molar-refractivity contribution in [2.24, 2.45) is 0 Å². The molecule has 0 radical (unpaired) electrons. The van der Waals surface area contributed by atoms with Gasteiger partial charge >= 0.3 is 0 Å². The summed E-state index contributed by atoms with van der Waals surface area (Å²) in [6.45, 7) is 0. The molecule has 18 heavy (non-hydrogen) atoms. The van der Waals surface area contributed by atoms with Gasteiger partial charge in [0.25, 0.3) is 0 Å². The Balaban J connectivity index is 2.33. The summed E-state index contributed by atoms with van der Waals surface area (Å²) in [5, 5.41) is 0. The monoisotopic (exact) mass is 393 g/mol. The zero-order valence-corrected chi connectivity index (χ0v) is 12.9. The second-order valence-corrected chi connectivity index (χ2v) is 5.47. The van der Waals surface area contributed by atoms with Gasteiger partial charge in [0.2, 0.25) is 5.88 Å². The Hall–Kier alpha value is -0.650. The molecule has 1 aromatic heterocycles. The number of alkyl halides is 1. The van der Waals surface area contributed by atoms with Crippen LogP contribution < -0.4 is 4.74 Å². The number of nitrogens with zero attached hydrogens (tertiary/aromatic N) is 1. The molecule has 2 aromatic rings. The molecule has 0 aliphatic rings. The highest BCUT2D eigenvalue weighted by Crippen LogP contribution is 2.32. The fourth-order valence-electron chi connectivity index (χ4n) is 1.32. The molecule has 0 fully saturated rings. The first-order chi connectivity index (χ1) is 8.60. The van der Waals surface area contributed by atoms with E-state index < -0.39 is 0 Å². The van der Waals surface area contributed by atoms with Crippen LogP contribution in [0.15, 0.2) is 39.4 Å². The second kappa shape index (κ2) is 5.99. The van der Waals surface area contributed by atoms with Crippen LogP contribution in [-0.2, 0) is 5.88 Å². The van der Waals surface area contributed by atoms with Crippen molar-refractivity contribution in [2.45, 2.75) is 5.88 Å². The van der Waals surface area contributed by atoms with Gasteiger partial charge in [-0.3, -0.25) is 0 Å². The average molecular weight is 395 g/mol. The molecular formula is C12H7Br2ClFNO. The zero-order valence-electron chi connectivity index (χ0n) is 8.96. The Labute approximate surface area is 125 Å². The molecule has 6 heteroatoms. The molecule has 0 aliphatic heterocycles. The number of hydrogen-bond acceptors (Lipinski definition) is 2. The van der Waals surface area contributed by atoms with Crippen LogP contribution in [-0.4, -0.2) is 4.98 Å². The normalized spacial score (nSPS) is 10.4. The Kier molecular flexibility index (Phi) is 4.59. The first-order valence-electron chi connectivity index (χ1n) is 4.93. The van der Waals surface area contributed by atoms with E-state index in [9.17, 15) is 4.39 Å². The summed E-state index contributed by atoms with van der Waals surface area (Å²) in [5.74, 6) is 0.828. The van der Waals surface area contributed by atoms with Crippen molar-refractivity contribution < 1.29 is 9.13 Å². The third-order valence-corrected chi connectivity index (χ3v) is 3.48. The summed E-state index contributed by atoms with van der Waals surface area (Å²) >= 11 is 12.4. The number of benzene rings is 1. The number of aromatic nitrogens is 1. The SMILES string of the molecule is Fc1ccc(Oc2ncc(Br)cc2CCl)c(Br)c1. The van der Waals surface area contributed by atoms with E-state index in [0.29, 0.717) is 16.1 Å². The van der Waals surface area contributed by atoms with Crippen LogP contribution in [0.25, 0.3) is 0 Å². The van der Waals surface area contributed by atoms with E-state index in [0.717, 1.165) is 10.0 Å². The summed E-state index contributed by atoms with van der Waals surface area (Å²) in [4.78, 5) is 4.14. The molecule has 0 aliphatic carbocycles. The molecule has 1 aromatic carbocycles. The zero-order chi connectivity index (χ0) is 13.1. The summed E-state index contributed by atoms with van der Waals surface area (Å²) in [6.07, 6.45) is 1.61. The van der Waals surface area contributed by atoms with Crippen molar-refractivity contribution in [3.8, 4) is 11.6 Å². The van der Waals surface area contributed by atoms with E-state index in [-0.39, 0.29) is 11.7 Å². The maximum atomic E-state index is 13.0. The molecule has 0 bridgehead atoms. The van der Waals surface area contributed by atoms with Gasteiger partial charge in [-0.25, -0.2) is 9.37 Å². The highest BCUT2D eigenvalue weighted by atomic mass is 79.9.